The molecule has 0 amide bonds. The first kappa shape index (κ1) is 16.5. The quantitative estimate of drug-likeness (QED) is 0.673. The molecule has 7 heteroatoms. The van der Waals surface area contributed by atoms with Gasteiger partial charge in [-0.05, 0) is 51.7 Å². The van der Waals surface area contributed by atoms with Crippen molar-refractivity contribution in [3.05, 3.63) is 57.7 Å². The molecule has 128 valence electrons. The van der Waals surface area contributed by atoms with Gasteiger partial charge in [-0.2, -0.15) is 4.98 Å². The van der Waals surface area contributed by atoms with Crippen LogP contribution in [-0.2, 0) is 6.54 Å². The topological polar surface area (TPSA) is 62.4 Å². The zero-order valence-electron chi connectivity index (χ0n) is 13.4. The second-order valence-corrected chi connectivity index (χ2v) is 7.73. The van der Waals surface area contributed by atoms with Crippen LogP contribution in [0.15, 0.2) is 50.8 Å². The van der Waals surface area contributed by atoms with E-state index < -0.39 is 0 Å². The van der Waals surface area contributed by atoms with E-state index in [1.807, 2.05) is 23.6 Å². The zero-order chi connectivity index (χ0) is 17.2. The Balaban J connectivity index is 1.40. The summed E-state index contributed by atoms with van der Waals surface area (Å²) in [6.45, 7) is 2.44. The molecule has 4 rings (SSSR count). The Bertz CT molecular complexity index is 901. The molecule has 3 heterocycles. The van der Waals surface area contributed by atoms with Gasteiger partial charge >= 0.3 is 0 Å². The van der Waals surface area contributed by atoms with Crippen LogP contribution in [0.5, 0.6) is 5.75 Å². The van der Waals surface area contributed by atoms with Crippen LogP contribution in [0.1, 0.15) is 17.9 Å². The number of hydrogen-bond donors (Lipinski definition) is 1. The summed E-state index contributed by atoms with van der Waals surface area (Å²) >= 11 is 5.03. The molecule has 0 radical (unpaired) electrons. The average molecular weight is 418 g/mol. The minimum atomic E-state index is 0.298. The number of benzene rings is 1. The third-order valence-corrected chi connectivity index (χ3v) is 5.83. The molecule has 3 aromatic rings. The molecule has 0 bridgehead atoms. The van der Waals surface area contributed by atoms with Crippen LogP contribution < -0.4 is 0 Å². The number of hydrogen-bond acceptors (Lipinski definition) is 6. The molecular formula is C18H16BrN3O2S. The van der Waals surface area contributed by atoms with Crippen molar-refractivity contribution >= 4 is 32.8 Å². The van der Waals surface area contributed by atoms with Crippen LogP contribution in [0, 0.1) is 0 Å². The normalized spacial score (nSPS) is 15.3. The average Bonchev–Trinajstić information content (AvgIpc) is 3.25. The molecule has 1 aliphatic rings. The SMILES string of the molecule is Oc1ccc(C2=CCN(Cc3nc(-c4cc(Br)cs4)no3)CC2)cc1. The first-order valence-electron chi connectivity index (χ1n) is 7.95. The summed E-state index contributed by atoms with van der Waals surface area (Å²) in [4.78, 5) is 7.78. The van der Waals surface area contributed by atoms with Gasteiger partial charge in [-0.3, -0.25) is 4.90 Å². The molecule has 0 saturated heterocycles. The maximum absolute atomic E-state index is 9.39. The fourth-order valence-electron chi connectivity index (χ4n) is 2.83. The number of nitrogens with zero attached hydrogens (tertiary/aromatic N) is 3. The number of phenols is 1. The Hall–Kier alpha value is -1.96. The molecular weight excluding hydrogens is 402 g/mol. The van der Waals surface area contributed by atoms with Crippen LogP contribution in [-0.4, -0.2) is 33.2 Å². The maximum atomic E-state index is 9.39. The molecule has 0 atom stereocenters. The van der Waals surface area contributed by atoms with Gasteiger partial charge in [-0.1, -0.05) is 23.4 Å². The monoisotopic (exact) mass is 417 g/mol. The first-order chi connectivity index (χ1) is 12.2. The lowest BCUT2D eigenvalue weighted by Gasteiger charge is -2.25. The van der Waals surface area contributed by atoms with Gasteiger partial charge in [0.05, 0.1) is 11.4 Å². The Morgan fingerprint density at radius 3 is 2.80 bits per heavy atom. The number of thiophene rings is 1. The van der Waals surface area contributed by atoms with Gasteiger partial charge in [0.2, 0.25) is 11.7 Å². The molecule has 1 N–H and O–H groups in total. The summed E-state index contributed by atoms with van der Waals surface area (Å²) in [5.41, 5.74) is 2.48. The summed E-state index contributed by atoms with van der Waals surface area (Å²) in [5.74, 6) is 1.58. The summed E-state index contributed by atoms with van der Waals surface area (Å²) in [6.07, 6.45) is 3.19. The Morgan fingerprint density at radius 2 is 2.12 bits per heavy atom. The van der Waals surface area contributed by atoms with E-state index in [9.17, 15) is 5.11 Å². The second kappa shape index (κ2) is 7.11. The molecule has 0 spiro atoms. The lowest BCUT2D eigenvalue weighted by molar-refractivity contribution is 0.245. The lowest BCUT2D eigenvalue weighted by atomic mass is 9.99. The summed E-state index contributed by atoms with van der Waals surface area (Å²) < 4.78 is 6.43. The summed E-state index contributed by atoms with van der Waals surface area (Å²) in [5, 5.41) is 15.5. The smallest absolute Gasteiger partial charge is 0.241 e. The van der Waals surface area contributed by atoms with Crippen molar-refractivity contribution < 1.29 is 9.63 Å². The van der Waals surface area contributed by atoms with Crippen molar-refractivity contribution in [1.29, 1.82) is 0 Å². The van der Waals surface area contributed by atoms with E-state index in [0.29, 0.717) is 24.0 Å². The second-order valence-electron chi connectivity index (χ2n) is 5.90. The Kier molecular flexibility index (Phi) is 4.70. The molecule has 25 heavy (non-hydrogen) atoms. The fourth-order valence-corrected chi connectivity index (χ4v) is 4.19. The van der Waals surface area contributed by atoms with Crippen molar-refractivity contribution in [1.82, 2.24) is 15.0 Å². The van der Waals surface area contributed by atoms with Crippen LogP contribution in [0.2, 0.25) is 0 Å². The largest absolute Gasteiger partial charge is 0.508 e. The van der Waals surface area contributed by atoms with E-state index in [0.717, 1.165) is 28.9 Å². The van der Waals surface area contributed by atoms with Gasteiger partial charge in [-0.15, -0.1) is 11.3 Å². The van der Waals surface area contributed by atoms with Gasteiger partial charge in [0.25, 0.3) is 0 Å². The standard InChI is InChI=1S/C18H16BrN3O2S/c19-14-9-16(25-11-14)18-20-17(24-21-18)10-22-7-5-13(6-8-22)12-1-3-15(23)4-2-12/h1-5,9,11,23H,6-8,10H2. The first-order valence-corrected chi connectivity index (χ1v) is 9.62. The molecule has 0 unspecified atom stereocenters. The summed E-state index contributed by atoms with van der Waals surface area (Å²) in [7, 11) is 0. The highest BCUT2D eigenvalue weighted by molar-refractivity contribution is 9.10. The fraction of sp³-hybridized carbons (Fsp3) is 0.222. The predicted octanol–water partition coefficient (Wildman–Crippen LogP) is 4.56. The third kappa shape index (κ3) is 3.84. The molecule has 2 aromatic heterocycles. The molecule has 5 nitrogen and oxygen atoms in total. The molecule has 0 saturated carbocycles. The van der Waals surface area contributed by atoms with Crippen LogP contribution >= 0.6 is 27.3 Å². The van der Waals surface area contributed by atoms with Crippen molar-refractivity contribution in [3.63, 3.8) is 0 Å². The van der Waals surface area contributed by atoms with Gasteiger partial charge in [0, 0.05) is 22.9 Å². The highest BCUT2D eigenvalue weighted by atomic mass is 79.9. The minimum Gasteiger partial charge on any atom is -0.508 e. The molecule has 1 aromatic carbocycles. The van der Waals surface area contributed by atoms with Gasteiger partial charge in [0.15, 0.2) is 0 Å². The van der Waals surface area contributed by atoms with Crippen molar-refractivity contribution in [2.45, 2.75) is 13.0 Å². The van der Waals surface area contributed by atoms with Gasteiger partial charge in [-0.25, -0.2) is 0 Å². The van der Waals surface area contributed by atoms with Crippen LogP contribution in [0.3, 0.4) is 0 Å². The van der Waals surface area contributed by atoms with E-state index in [2.05, 4.69) is 37.0 Å². The zero-order valence-corrected chi connectivity index (χ0v) is 15.8. The van der Waals surface area contributed by atoms with E-state index in [1.165, 1.54) is 11.1 Å². The predicted molar refractivity (Wildman–Crippen MR) is 101 cm³/mol. The number of halogens is 1. The van der Waals surface area contributed by atoms with Crippen LogP contribution in [0.4, 0.5) is 0 Å². The molecule has 0 fully saturated rings. The Morgan fingerprint density at radius 1 is 1.28 bits per heavy atom. The van der Waals surface area contributed by atoms with E-state index in [1.54, 1.807) is 23.5 Å². The van der Waals surface area contributed by atoms with Crippen molar-refractivity contribution in [2.75, 3.05) is 13.1 Å². The van der Waals surface area contributed by atoms with Crippen molar-refractivity contribution in [3.8, 4) is 16.5 Å². The third-order valence-electron chi connectivity index (χ3n) is 4.15. The van der Waals surface area contributed by atoms with Crippen LogP contribution in [0.25, 0.3) is 16.3 Å². The highest BCUT2D eigenvalue weighted by Crippen LogP contribution is 2.28. The highest BCUT2D eigenvalue weighted by Gasteiger charge is 2.17. The molecule has 1 aliphatic heterocycles. The van der Waals surface area contributed by atoms with E-state index in [4.69, 9.17) is 4.52 Å². The summed E-state index contributed by atoms with van der Waals surface area (Å²) in [6, 6.07) is 9.37. The maximum Gasteiger partial charge on any atom is 0.241 e. The minimum absolute atomic E-state index is 0.298. The van der Waals surface area contributed by atoms with E-state index >= 15 is 0 Å². The Labute approximate surface area is 157 Å². The number of phenolic OH excluding ortho intramolecular Hbond substituents is 1. The molecule has 0 aliphatic carbocycles. The van der Waals surface area contributed by atoms with E-state index in [-0.39, 0.29) is 0 Å². The number of aromatic hydroxyl groups is 1. The number of aromatic nitrogens is 2. The number of rotatable bonds is 4. The van der Waals surface area contributed by atoms with Gasteiger partial charge in [0.1, 0.15) is 5.75 Å². The lowest BCUT2D eigenvalue weighted by Crippen LogP contribution is -2.28. The van der Waals surface area contributed by atoms with Gasteiger partial charge < -0.3 is 9.63 Å². The van der Waals surface area contributed by atoms with Crippen molar-refractivity contribution in [2.24, 2.45) is 0 Å².